The molecule has 0 radical (unpaired) electrons. The first-order valence-corrected chi connectivity index (χ1v) is 9.40. The molecule has 2 N–H and O–H groups in total. The topological polar surface area (TPSA) is 118 Å². The molecule has 0 aromatic heterocycles. The lowest BCUT2D eigenvalue weighted by atomic mass is 9.57. The van der Waals surface area contributed by atoms with Gasteiger partial charge in [-0.25, -0.2) is 0 Å². The predicted molar refractivity (Wildman–Crippen MR) is 105 cm³/mol. The molecule has 1 aliphatic carbocycles. The van der Waals surface area contributed by atoms with Crippen LogP contribution in [0, 0.1) is 15.5 Å². The molecule has 0 aliphatic heterocycles. The lowest BCUT2D eigenvalue weighted by molar-refractivity contribution is -0.555. The van der Waals surface area contributed by atoms with Crippen LogP contribution in [0.5, 0.6) is 0 Å². The summed E-state index contributed by atoms with van der Waals surface area (Å²) < 4.78 is 0. The van der Waals surface area contributed by atoms with Crippen LogP contribution in [0.3, 0.4) is 0 Å². The van der Waals surface area contributed by atoms with Crippen molar-refractivity contribution in [2.45, 2.75) is 43.7 Å². The Morgan fingerprint density at radius 1 is 1.07 bits per heavy atom. The second-order valence-electron chi connectivity index (χ2n) is 7.61. The van der Waals surface area contributed by atoms with Crippen LogP contribution in [-0.2, 0) is 20.6 Å². The first-order chi connectivity index (χ1) is 13.7. The molecule has 3 rings (SSSR count). The zero-order valence-corrected chi connectivity index (χ0v) is 16.2. The van der Waals surface area contributed by atoms with Crippen molar-refractivity contribution in [1.29, 1.82) is 0 Å². The zero-order valence-electron chi connectivity index (χ0n) is 16.2. The fraction of sp³-hybridized carbons (Fsp3) is 0.364. The van der Waals surface area contributed by atoms with E-state index in [1.165, 1.54) is 12.1 Å². The van der Waals surface area contributed by atoms with Crippen LogP contribution in [0.2, 0.25) is 0 Å². The van der Waals surface area contributed by atoms with E-state index in [0.717, 1.165) is 6.92 Å². The summed E-state index contributed by atoms with van der Waals surface area (Å²) >= 11 is 0. The number of aliphatic hydroxyl groups is 1. The van der Waals surface area contributed by atoms with Crippen molar-refractivity contribution < 1.29 is 24.7 Å². The van der Waals surface area contributed by atoms with Gasteiger partial charge in [-0.3, -0.25) is 19.7 Å². The Morgan fingerprint density at radius 2 is 1.55 bits per heavy atom. The maximum absolute atomic E-state index is 12.9. The van der Waals surface area contributed by atoms with Gasteiger partial charge in [-0.1, -0.05) is 67.6 Å². The largest absolute Gasteiger partial charge is 0.480 e. The van der Waals surface area contributed by atoms with Crippen LogP contribution >= 0.6 is 0 Å². The first kappa shape index (κ1) is 20.7. The maximum atomic E-state index is 12.9. The Kier molecular flexibility index (Phi) is 5.04. The molecule has 7 heteroatoms. The third kappa shape index (κ3) is 2.61. The molecule has 1 fully saturated rings. The highest BCUT2D eigenvalue weighted by atomic mass is 16.6. The van der Waals surface area contributed by atoms with Gasteiger partial charge in [-0.15, -0.1) is 0 Å². The van der Waals surface area contributed by atoms with E-state index < -0.39 is 45.6 Å². The number of carboxylic acid groups (broad SMARTS) is 1. The van der Waals surface area contributed by atoms with E-state index in [2.05, 4.69) is 0 Å². The summed E-state index contributed by atoms with van der Waals surface area (Å²) in [6.45, 7) is 2.76. The van der Waals surface area contributed by atoms with Crippen LogP contribution in [0.15, 0.2) is 60.7 Å². The molecule has 2 aromatic rings. The Hall–Kier alpha value is -3.06. The predicted octanol–water partition coefficient (Wildman–Crippen LogP) is 2.93. The summed E-state index contributed by atoms with van der Waals surface area (Å²) in [6, 6.07) is 14.5. The summed E-state index contributed by atoms with van der Waals surface area (Å²) in [5.74, 6) is -2.18. The van der Waals surface area contributed by atoms with Gasteiger partial charge in [0.05, 0.1) is 5.41 Å². The third-order valence-corrected chi connectivity index (χ3v) is 6.51. The molecule has 1 aliphatic rings. The van der Waals surface area contributed by atoms with Crippen LogP contribution in [0.1, 0.15) is 37.8 Å². The monoisotopic (exact) mass is 397 g/mol. The molecule has 0 unspecified atom stereocenters. The Morgan fingerprint density at radius 3 is 1.93 bits per heavy atom. The number of hydrogen-bond donors (Lipinski definition) is 2. The smallest absolute Gasteiger partial charge is 0.318 e. The average molecular weight is 397 g/mol. The molecule has 0 saturated heterocycles. The van der Waals surface area contributed by atoms with Crippen LogP contribution in [0.25, 0.3) is 0 Å². The summed E-state index contributed by atoms with van der Waals surface area (Å²) in [4.78, 5) is 37.4. The summed E-state index contributed by atoms with van der Waals surface area (Å²) in [6.07, 6.45) is -0.591. The standard InChI is InChI=1S/C22H23NO6/c1-3-20(16-10-6-4-7-11-16)18(23(28)29)22(27,17-12-8-5-9-13-17)14-21(20,15(2)24)19(25)26/h4-13,18,27H,3,14H2,1-2H3,(H,25,26)/t18-,20-,21+,22-/m0/s1. The Bertz CT molecular complexity index is 930. The first-order valence-electron chi connectivity index (χ1n) is 9.40. The van der Waals surface area contributed by atoms with Gasteiger partial charge in [0.25, 0.3) is 6.04 Å². The van der Waals surface area contributed by atoms with Crippen molar-refractivity contribution in [3.8, 4) is 0 Å². The maximum Gasteiger partial charge on any atom is 0.318 e. The molecule has 1 saturated carbocycles. The fourth-order valence-corrected chi connectivity index (χ4v) is 5.34. The Balaban J connectivity index is 2.48. The molecular formula is C22H23NO6. The second-order valence-corrected chi connectivity index (χ2v) is 7.61. The van der Waals surface area contributed by atoms with Crippen molar-refractivity contribution in [2.24, 2.45) is 5.41 Å². The quantitative estimate of drug-likeness (QED) is 0.440. The lowest BCUT2D eigenvalue weighted by Crippen LogP contribution is -2.58. The van der Waals surface area contributed by atoms with E-state index in [-0.39, 0.29) is 12.0 Å². The molecule has 0 amide bonds. The van der Waals surface area contributed by atoms with Crippen molar-refractivity contribution in [2.75, 3.05) is 0 Å². The molecule has 2 aromatic carbocycles. The van der Waals surface area contributed by atoms with Crippen molar-refractivity contribution in [3.63, 3.8) is 0 Å². The van der Waals surface area contributed by atoms with E-state index in [1.807, 2.05) is 0 Å². The molecule has 7 nitrogen and oxygen atoms in total. The van der Waals surface area contributed by atoms with Crippen LogP contribution in [-0.4, -0.2) is 32.9 Å². The van der Waals surface area contributed by atoms with Gasteiger partial charge < -0.3 is 10.2 Å². The number of nitro groups is 1. The molecule has 4 atom stereocenters. The van der Waals surface area contributed by atoms with Crippen molar-refractivity contribution in [3.05, 3.63) is 81.9 Å². The van der Waals surface area contributed by atoms with Gasteiger partial charge in [0.2, 0.25) is 0 Å². The molecule has 29 heavy (non-hydrogen) atoms. The number of hydrogen-bond acceptors (Lipinski definition) is 5. The SMILES string of the molecule is CC[C@]1(c2ccccc2)[C@H]([N+](=O)[O-])[C@@](O)(c2ccccc2)C[C@@]1(C(C)=O)C(=O)O. The highest BCUT2D eigenvalue weighted by molar-refractivity contribution is 6.05. The number of ketones is 1. The number of carbonyl (C=O) groups is 2. The van der Waals surface area contributed by atoms with Gasteiger partial charge in [0, 0.05) is 11.3 Å². The van der Waals surface area contributed by atoms with Crippen molar-refractivity contribution >= 4 is 11.8 Å². The Labute approximate surface area is 168 Å². The van der Waals surface area contributed by atoms with Gasteiger partial charge in [-0.05, 0) is 24.5 Å². The number of benzene rings is 2. The molecular weight excluding hydrogens is 374 g/mol. The minimum atomic E-state index is -2.16. The number of aliphatic carboxylic acids is 1. The summed E-state index contributed by atoms with van der Waals surface area (Å²) in [5.41, 5.74) is -5.46. The molecule has 0 heterocycles. The van der Waals surface area contributed by atoms with Gasteiger partial charge in [0.1, 0.15) is 11.2 Å². The van der Waals surface area contributed by atoms with Gasteiger partial charge >= 0.3 is 5.97 Å². The van der Waals surface area contributed by atoms with Gasteiger partial charge in [0.15, 0.2) is 5.60 Å². The number of nitrogens with zero attached hydrogens (tertiary/aromatic N) is 1. The van der Waals surface area contributed by atoms with E-state index >= 15 is 0 Å². The van der Waals surface area contributed by atoms with E-state index in [4.69, 9.17) is 0 Å². The van der Waals surface area contributed by atoms with E-state index in [9.17, 15) is 29.9 Å². The minimum absolute atomic E-state index is 0.0102. The van der Waals surface area contributed by atoms with Crippen molar-refractivity contribution in [1.82, 2.24) is 0 Å². The number of carbonyl (C=O) groups excluding carboxylic acids is 1. The fourth-order valence-electron chi connectivity index (χ4n) is 5.34. The van der Waals surface area contributed by atoms with Crippen LogP contribution < -0.4 is 0 Å². The summed E-state index contributed by atoms with van der Waals surface area (Å²) in [5, 5.41) is 34.4. The van der Waals surface area contributed by atoms with E-state index in [1.54, 1.807) is 55.5 Å². The highest BCUT2D eigenvalue weighted by Gasteiger charge is 2.80. The number of carboxylic acids is 1. The lowest BCUT2D eigenvalue weighted by Gasteiger charge is -2.41. The second kappa shape index (κ2) is 7.08. The van der Waals surface area contributed by atoms with E-state index in [0.29, 0.717) is 5.56 Å². The molecule has 0 bridgehead atoms. The van der Waals surface area contributed by atoms with Gasteiger partial charge in [-0.2, -0.15) is 0 Å². The highest BCUT2D eigenvalue weighted by Crippen LogP contribution is 2.64. The molecule has 152 valence electrons. The summed E-state index contributed by atoms with van der Waals surface area (Å²) in [7, 11) is 0. The number of rotatable bonds is 6. The zero-order chi connectivity index (χ0) is 21.4. The average Bonchev–Trinajstić information content (AvgIpc) is 2.98. The normalized spacial score (nSPS) is 31.3. The van der Waals surface area contributed by atoms with Crippen LogP contribution in [0.4, 0.5) is 0 Å². The number of Topliss-reactive ketones (excluding diaryl/α,β-unsaturated/α-hetero) is 1. The minimum Gasteiger partial charge on any atom is -0.480 e. The molecule has 0 spiro atoms. The third-order valence-electron chi connectivity index (χ3n) is 6.51.